The number of rotatable bonds is 2. The highest BCUT2D eigenvalue weighted by Gasteiger charge is 2.22. The van der Waals surface area contributed by atoms with Crippen LogP contribution in [-0.4, -0.2) is 16.2 Å². The van der Waals surface area contributed by atoms with Gasteiger partial charge in [-0.05, 0) is 18.8 Å². The molecule has 14 heavy (non-hydrogen) atoms. The lowest BCUT2D eigenvalue weighted by Gasteiger charge is -2.18. The third kappa shape index (κ3) is 2.15. The van der Waals surface area contributed by atoms with E-state index in [9.17, 15) is 0 Å². The van der Waals surface area contributed by atoms with Crippen molar-refractivity contribution < 1.29 is 0 Å². The molecular weight excluding hydrogens is 198 g/mol. The molecule has 4 heteroatoms. The second kappa shape index (κ2) is 4.13. The summed E-state index contributed by atoms with van der Waals surface area (Å²) in [4.78, 5) is 0. The molecule has 2 rings (SSSR count). The summed E-state index contributed by atoms with van der Waals surface area (Å²) < 4.78 is 0. The largest absolute Gasteiger partial charge is 0.381 e. The van der Waals surface area contributed by atoms with Gasteiger partial charge in [-0.1, -0.05) is 24.9 Å². The van der Waals surface area contributed by atoms with Crippen molar-refractivity contribution in [2.24, 2.45) is 5.92 Å². The van der Waals surface area contributed by atoms with Gasteiger partial charge in [0.1, 0.15) is 0 Å². The number of nitrogens with zero attached hydrogens (tertiary/aromatic N) is 2. The van der Waals surface area contributed by atoms with Gasteiger partial charge < -0.3 is 5.32 Å². The number of anilines is 1. The molecule has 0 amide bonds. The highest BCUT2D eigenvalue weighted by molar-refractivity contribution is 6.29. The summed E-state index contributed by atoms with van der Waals surface area (Å²) in [5.74, 6) is 0.738. The summed E-state index contributed by atoms with van der Waals surface area (Å²) in [6.07, 6.45) is 5.58. The topological polar surface area (TPSA) is 37.8 Å². The van der Waals surface area contributed by atoms with E-state index in [1.54, 1.807) is 6.20 Å². The Kier molecular flexibility index (Phi) is 2.87. The fourth-order valence-corrected chi connectivity index (χ4v) is 2.15. The highest BCUT2D eigenvalue weighted by atomic mass is 35.5. The van der Waals surface area contributed by atoms with E-state index in [1.807, 2.05) is 6.07 Å². The first-order chi connectivity index (χ1) is 6.75. The van der Waals surface area contributed by atoms with Gasteiger partial charge in [0.25, 0.3) is 0 Å². The monoisotopic (exact) mass is 211 g/mol. The lowest BCUT2D eigenvalue weighted by Crippen LogP contribution is -2.21. The van der Waals surface area contributed by atoms with Crippen LogP contribution in [0.5, 0.6) is 0 Å². The van der Waals surface area contributed by atoms with Gasteiger partial charge >= 0.3 is 0 Å². The fourth-order valence-electron chi connectivity index (χ4n) is 1.99. The quantitative estimate of drug-likeness (QED) is 0.818. The van der Waals surface area contributed by atoms with Gasteiger partial charge in [0, 0.05) is 12.1 Å². The minimum atomic E-state index is 0.445. The molecular formula is C10H14ClN3. The summed E-state index contributed by atoms with van der Waals surface area (Å²) in [6, 6.07) is 2.38. The maximum atomic E-state index is 5.75. The number of hydrogen-bond acceptors (Lipinski definition) is 3. The zero-order chi connectivity index (χ0) is 9.97. The van der Waals surface area contributed by atoms with Gasteiger partial charge in [0.2, 0.25) is 0 Å². The SMILES string of the molecule is CC1CCCC1Nc1cnnc(Cl)c1. The molecule has 1 aromatic rings. The molecule has 0 saturated heterocycles. The van der Waals surface area contributed by atoms with Crippen LogP contribution < -0.4 is 5.32 Å². The molecule has 1 aliphatic carbocycles. The lowest BCUT2D eigenvalue weighted by molar-refractivity contribution is 0.556. The first-order valence-electron chi connectivity index (χ1n) is 5.00. The van der Waals surface area contributed by atoms with Gasteiger partial charge in [-0.25, -0.2) is 0 Å². The first kappa shape index (κ1) is 9.71. The normalized spacial score (nSPS) is 26.4. The Morgan fingerprint density at radius 3 is 3.00 bits per heavy atom. The average molecular weight is 212 g/mol. The molecule has 2 unspecified atom stereocenters. The fraction of sp³-hybridized carbons (Fsp3) is 0.600. The van der Waals surface area contributed by atoms with Crippen molar-refractivity contribution in [1.82, 2.24) is 10.2 Å². The van der Waals surface area contributed by atoms with E-state index in [0.717, 1.165) is 11.6 Å². The van der Waals surface area contributed by atoms with Crippen LogP contribution in [-0.2, 0) is 0 Å². The van der Waals surface area contributed by atoms with E-state index in [-0.39, 0.29) is 0 Å². The maximum absolute atomic E-state index is 5.75. The Morgan fingerprint density at radius 1 is 1.50 bits per heavy atom. The number of aromatic nitrogens is 2. The molecule has 1 heterocycles. The van der Waals surface area contributed by atoms with Gasteiger partial charge in [0.05, 0.1) is 11.9 Å². The molecule has 0 spiro atoms. The second-order valence-corrected chi connectivity index (χ2v) is 4.31. The minimum Gasteiger partial charge on any atom is -0.381 e. The molecule has 0 radical (unpaired) electrons. The summed E-state index contributed by atoms with van der Waals surface area (Å²) in [6.45, 7) is 2.28. The Bertz CT molecular complexity index is 316. The molecule has 1 aliphatic rings. The highest BCUT2D eigenvalue weighted by Crippen LogP contribution is 2.27. The molecule has 1 N–H and O–H groups in total. The lowest BCUT2D eigenvalue weighted by atomic mass is 10.1. The van der Waals surface area contributed by atoms with Crippen LogP contribution in [0.25, 0.3) is 0 Å². The van der Waals surface area contributed by atoms with Gasteiger partial charge in [-0.15, -0.1) is 5.10 Å². The summed E-state index contributed by atoms with van der Waals surface area (Å²) in [5.41, 5.74) is 0.976. The van der Waals surface area contributed by atoms with Crippen LogP contribution in [0.1, 0.15) is 26.2 Å². The van der Waals surface area contributed by atoms with Crippen molar-refractivity contribution in [3.8, 4) is 0 Å². The Hall–Kier alpha value is -0.830. The molecule has 0 aromatic carbocycles. The van der Waals surface area contributed by atoms with Crippen LogP contribution in [0.15, 0.2) is 12.3 Å². The van der Waals surface area contributed by atoms with E-state index in [2.05, 4.69) is 22.4 Å². The van der Waals surface area contributed by atoms with Crippen molar-refractivity contribution in [1.29, 1.82) is 0 Å². The second-order valence-electron chi connectivity index (χ2n) is 3.93. The molecule has 1 fully saturated rings. The number of hydrogen-bond donors (Lipinski definition) is 1. The van der Waals surface area contributed by atoms with Crippen molar-refractivity contribution in [2.75, 3.05) is 5.32 Å². The smallest absolute Gasteiger partial charge is 0.153 e. The zero-order valence-electron chi connectivity index (χ0n) is 8.20. The van der Waals surface area contributed by atoms with E-state index in [0.29, 0.717) is 11.2 Å². The van der Waals surface area contributed by atoms with Gasteiger partial charge in [0.15, 0.2) is 5.15 Å². The Morgan fingerprint density at radius 2 is 2.36 bits per heavy atom. The van der Waals surface area contributed by atoms with Crippen LogP contribution in [0.3, 0.4) is 0 Å². The molecule has 0 aliphatic heterocycles. The predicted molar refractivity (Wildman–Crippen MR) is 57.5 cm³/mol. The summed E-state index contributed by atoms with van der Waals surface area (Å²) in [7, 11) is 0. The standard InChI is InChI=1S/C10H14ClN3/c1-7-3-2-4-9(7)13-8-5-10(11)14-12-6-8/h5-7,9H,2-4H2,1H3,(H,13,14). The summed E-state index contributed by atoms with van der Waals surface area (Å²) in [5, 5.41) is 11.4. The van der Waals surface area contributed by atoms with E-state index >= 15 is 0 Å². The third-order valence-corrected chi connectivity index (χ3v) is 3.02. The Balaban J connectivity index is 2.03. The van der Waals surface area contributed by atoms with Crippen LogP contribution >= 0.6 is 11.6 Å². The van der Waals surface area contributed by atoms with Crippen molar-refractivity contribution in [3.05, 3.63) is 17.4 Å². The van der Waals surface area contributed by atoms with Crippen molar-refractivity contribution in [2.45, 2.75) is 32.2 Å². The predicted octanol–water partition coefficient (Wildman–Crippen LogP) is 2.73. The van der Waals surface area contributed by atoms with Crippen LogP contribution in [0, 0.1) is 5.92 Å². The minimum absolute atomic E-state index is 0.445. The van der Waals surface area contributed by atoms with Gasteiger partial charge in [-0.2, -0.15) is 5.10 Å². The Labute approximate surface area is 88.9 Å². The van der Waals surface area contributed by atoms with Crippen molar-refractivity contribution in [3.63, 3.8) is 0 Å². The first-order valence-corrected chi connectivity index (χ1v) is 5.38. The van der Waals surface area contributed by atoms with Crippen LogP contribution in [0.4, 0.5) is 5.69 Å². The van der Waals surface area contributed by atoms with Crippen molar-refractivity contribution >= 4 is 17.3 Å². The molecule has 2 atom stereocenters. The third-order valence-electron chi connectivity index (χ3n) is 2.84. The average Bonchev–Trinajstić information content (AvgIpc) is 2.52. The van der Waals surface area contributed by atoms with E-state index in [4.69, 9.17) is 11.6 Å². The molecule has 3 nitrogen and oxygen atoms in total. The van der Waals surface area contributed by atoms with Crippen LogP contribution in [0.2, 0.25) is 5.15 Å². The molecule has 76 valence electrons. The summed E-state index contributed by atoms with van der Waals surface area (Å²) >= 11 is 5.75. The molecule has 1 aromatic heterocycles. The zero-order valence-corrected chi connectivity index (χ0v) is 8.96. The maximum Gasteiger partial charge on any atom is 0.153 e. The van der Waals surface area contributed by atoms with Gasteiger partial charge in [-0.3, -0.25) is 0 Å². The number of nitrogens with one attached hydrogen (secondary N) is 1. The van der Waals surface area contributed by atoms with E-state index < -0.39 is 0 Å². The number of halogens is 1. The van der Waals surface area contributed by atoms with E-state index in [1.165, 1.54) is 19.3 Å². The molecule has 1 saturated carbocycles. The molecule has 0 bridgehead atoms.